The lowest BCUT2D eigenvalue weighted by Gasteiger charge is -2.11. The van der Waals surface area contributed by atoms with Crippen LogP contribution in [0.5, 0.6) is 0 Å². The highest BCUT2D eigenvalue weighted by molar-refractivity contribution is 5.80. The average molecular weight is 283 g/mol. The van der Waals surface area contributed by atoms with Gasteiger partial charge in [-0.1, -0.05) is 29.5 Å². The lowest BCUT2D eigenvalue weighted by atomic mass is 9.96. The molecule has 1 amide bonds. The van der Waals surface area contributed by atoms with E-state index in [4.69, 9.17) is 0 Å². The maximum atomic E-state index is 11.9. The van der Waals surface area contributed by atoms with E-state index >= 15 is 0 Å². The minimum absolute atomic E-state index is 0.114. The van der Waals surface area contributed by atoms with Gasteiger partial charge in [0.2, 0.25) is 0 Å². The van der Waals surface area contributed by atoms with Gasteiger partial charge in [0.05, 0.1) is 5.52 Å². The number of allylic oxidation sites excluding steroid dienone is 2. The fraction of sp³-hybridized carbons (Fsp3) is 0.333. The van der Waals surface area contributed by atoms with Crippen molar-refractivity contribution in [1.29, 1.82) is 0 Å². The third-order valence-corrected chi connectivity index (χ3v) is 3.50. The molecule has 1 aromatic carbocycles. The number of benzene rings is 1. The van der Waals surface area contributed by atoms with Crippen molar-refractivity contribution in [2.24, 2.45) is 11.0 Å². The van der Waals surface area contributed by atoms with Crippen LogP contribution in [-0.2, 0) is 11.3 Å². The Morgan fingerprint density at radius 3 is 3.19 bits per heavy atom. The lowest BCUT2D eigenvalue weighted by Crippen LogP contribution is -2.24. The number of nitrogens with zero attached hydrogens (tertiary/aromatic N) is 4. The monoisotopic (exact) mass is 283 g/mol. The molecular weight excluding hydrogens is 266 g/mol. The molecule has 6 heteroatoms. The van der Waals surface area contributed by atoms with Crippen molar-refractivity contribution in [1.82, 2.24) is 20.4 Å². The first-order chi connectivity index (χ1) is 10.3. The molecule has 6 nitrogen and oxygen atoms in total. The van der Waals surface area contributed by atoms with E-state index in [1.165, 1.54) is 0 Å². The number of aromatic nitrogens is 3. The first-order valence-electron chi connectivity index (χ1n) is 7.08. The van der Waals surface area contributed by atoms with Crippen LogP contribution in [0.3, 0.4) is 0 Å². The normalized spacial score (nSPS) is 18.4. The van der Waals surface area contributed by atoms with Gasteiger partial charge in [0, 0.05) is 6.21 Å². The maximum Gasteiger partial charge on any atom is 0.261 e. The quantitative estimate of drug-likeness (QED) is 0.529. The van der Waals surface area contributed by atoms with Crippen LogP contribution in [0.2, 0.25) is 0 Å². The summed E-state index contributed by atoms with van der Waals surface area (Å²) < 4.78 is 1.57. The molecule has 108 valence electrons. The number of nitrogens with one attached hydrogen (secondary N) is 1. The predicted molar refractivity (Wildman–Crippen MR) is 80.6 cm³/mol. The van der Waals surface area contributed by atoms with Crippen molar-refractivity contribution >= 4 is 23.2 Å². The largest absolute Gasteiger partial charge is 0.271 e. The van der Waals surface area contributed by atoms with E-state index in [2.05, 4.69) is 33.0 Å². The van der Waals surface area contributed by atoms with Gasteiger partial charge in [-0.15, -0.1) is 5.10 Å². The maximum absolute atomic E-state index is 11.9. The summed E-state index contributed by atoms with van der Waals surface area (Å²) in [5.74, 6) is 0.218. The van der Waals surface area contributed by atoms with Gasteiger partial charge >= 0.3 is 0 Å². The zero-order valence-corrected chi connectivity index (χ0v) is 11.6. The highest BCUT2D eigenvalue weighted by Gasteiger charge is 2.09. The highest BCUT2D eigenvalue weighted by Crippen LogP contribution is 2.15. The van der Waals surface area contributed by atoms with Gasteiger partial charge in [0.25, 0.3) is 5.91 Å². The molecule has 1 aliphatic carbocycles. The van der Waals surface area contributed by atoms with Gasteiger partial charge in [0.1, 0.15) is 12.1 Å². The minimum Gasteiger partial charge on any atom is -0.271 e. The second kappa shape index (κ2) is 6.30. The fourth-order valence-corrected chi connectivity index (χ4v) is 2.37. The zero-order valence-electron chi connectivity index (χ0n) is 11.6. The molecule has 0 saturated heterocycles. The summed E-state index contributed by atoms with van der Waals surface area (Å²) in [6.45, 7) is 0.114. The van der Waals surface area contributed by atoms with E-state index in [-0.39, 0.29) is 12.5 Å². The third-order valence-electron chi connectivity index (χ3n) is 3.50. The van der Waals surface area contributed by atoms with E-state index in [1.807, 2.05) is 30.5 Å². The van der Waals surface area contributed by atoms with Gasteiger partial charge in [-0.25, -0.2) is 10.1 Å². The molecule has 21 heavy (non-hydrogen) atoms. The second-order valence-electron chi connectivity index (χ2n) is 5.09. The molecule has 1 heterocycles. The Kier molecular flexibility index (Phi) is 4.04. The number of carbonyl (C=O) groups is 1. The van der Waals surface area contributed by atoms with Crippen molar-refractivity contribution in [3.8, 4) is 0 Å². The van der Waals surface area contributed by atoms with E-state index in [0.717, 1.165) is 30.3 Å². The van der Waals surface area contributed by atoms with Crippen LogP contribution in [0, 0.1) is 5.92 Å². The van der Waals surface area contributed by atoms with Crippen molar-refractivity contribution in [2.75, 3.05) is 0 Å². The number of hydrogen-bond acceptors (Lipinski definition) is 4. The van der Waals surface area contributed by atoms with Crippen molar-refractivity contribution in [2.45, 2.75) is 25.8 Å². The van der Waals surface area contributed by atoms with Gasteiger partial charge in [-0.2, -0.15) is 5.10 Å². The molecule has 0 aliphatic heterocycles. The first kappa shape index (κ1) is 13.5. The van der Waals surface area contributed by atoms with Gasteiger partial charge in [-0.05, 0) is 37.3 Å². The van der Waals surface area contributed by atoms with Gasteiger partial charge in [0.15, 0.2) is 0 Å². The molecule has 1 aromatic heterocycles. The van der Waals surface area contributed by atoms with Crippen LogP contribution < -0.4 is 5.43 Å². The van der Waals surface area contributed by atoms with Crippen molar-refractivity contribution < 1.29 is 4.79 Å². The Balaban J connectivity index is 1.56. The van der Waals surface area contributed by atoms with Gasteiger partial charge < -0.3 is 0 Å². The Morgan fingerprint density at radius 2 is 2.33 bits per heavy atom. The van der Waals surface area contributed by atoms with E-state index in [1.54, 1.807) is 4.68 Å². The fourth-order valence-electron chi connectivity index (χ4n) is 2.37. The minimum atomic E-state index is -0.201. The highest BCUT2D eigenvalue weighted by atomic mass is 16.2. The number of hydrogen-bond donors (Lipinski definition) is 1. The molecule has 0 unspecified atom stereocenters. The summed E-state index contributed by atoms with van der Waals surface area (Å²) in [5, 5.41) is 12.0. The molecule has 0 fully saturated rings. The summed E-state index contributed by atoms with van der Waals surface area (Å²) >= 11 is 0. The average Bonchev–Trinajstić information content (AvgIpc) is 2.92. The number of hydrazone groups is 1. The molecule has 0 spiro atoms. The zero-order chi connectivity index (χ0) is 14.5. The molecule has 1 N–H and O–H groups in total. The molecule has 0 radical (unpaired) electrons. The predicted octanol–water partition coefficient (Wildman–Crippen LogP) is 1.89. The second-order valence-corrected chi connectivity index (χ2v) is 5.09. The Hall–Kier alpha value is -2.50. The topological polar surface area (TPSA) is 72.2 Å². The van der Waals surface area contributed by atoms with Crippen LogP contribution in [0.4, 0.5) is 0 Å². The molecular formula is C15H17N5O. The number of amides is 1. The van der Waals surface area contributed by atoms with Crippen LogP contribution in [0.15, 0.2) is 41.5 Å². The summed E-state index contributed by atoms with van der Waals surface area (Å²) in [5.41, 5.74) is 4.17. The van der Waals surface area contributed by atoms with Crippen molar-refractivity contribution in [3.63, 3.8) is 0 Å². The molecule has 2 aromatic rings. The van der Waals surface area contributed by atoms with E-state index in [0.29, 0.717) is 5.92 Å². The van der Waals surface area contributed by atoms with Crippen molar-refractivity contribution in [3.05, 3.63) is 36.4 Å². The number of rotatable bonds is 4. The number of para-hydroxylation sites is 1. The Labute approximate surface area is 122 Å². The van der Waals surface area contributed by atoms with Crippen LogP contribution in [0.1, 0.15) is 19.3 Å². The Bertz CT molecular complexity index is 688. The molecule has 3 rings (SSSR count). The summed E-state index contributed by atoms with van der Waals surface area (Å²) in [6, 6.07) is 7.55. The number of fused-ring (bicyclic) bond motifs is 1. The Morgan fingerprint density at radius 1 is 1.43 bits per heavy atom. The molecule has 1 atom stereocenters. The summed E-state index contributed by atoms with van der Waals surface area (Å²) in [6.07, 6.45) is 9.31. The molecule has 0 saturated carbocycles. The summed E-state index contributed by atoms with van der Waals surface area (Å²) in [4.78, 5) is 11.9. The smallest absolute Gasteiger partial charge is 0.261 e. The van der Waals surface area contributed by atoms with Crippen LogP contribution >= 0.6 is 0 Å². The number of carbonyl (C=O) groups excluding carboxylic acids is 1. The lowest BCUT2D eigenvalue weighted by molar-refractivity contribution is -0.121. The van der Waals surface area contributed by atoms with Gasteiger partial charge in [-0.3, -0.25) is 4.79 Å². The van der Waals surface area contributed by atoms with Crippen LogP contribution in [-0.4, -0.2) is 27.1 Å². The summed E-state index contributed by atoms with van der Waals surface area (Å²) in [7, 11) is 0. The standard InChI is InChI=1S/C15H17N5O/c21-15(18-16-10-12-6-2-1-3-7-12)11-20-14-9-5-4-8-13(14)17-19-20/h1-2,4-5,8-10,12H,3,6-7,11H2,(H,18,21)/b16-10-/t12-/m1/s1. The van der Waals surface area contributed by atoms with Crippen LogP contribution in [0.25, 0.3) is 11.0 Å². The molecule has 1 aliphatic rings. The first-order valence-corrected chi connectivity index (χ1v) is 7.08. The molecule has 0 bridgehead atoms. The SMILES string of the molecule is O=C(Cn1nnc2ccccc21)N/N=C\[C@@H]1CC=CCC1. The van der Waals surface area contributed by atoms with E-state index < -0.39 is 0 Å². The van der Waals surface area contributed by atoms with E-state index in [9.17, 15) is 4.79 Å². The third kappa shape index (κ3) is 3.34.